The molecule has 3 aromatic carbocycles. The predicted octanol–water partition coefficient (Wildman–Crippen LogP) is 5.33. The van der Waals surface area contributed by atoms with Crippen molar-refractivity contribution in [2.75, 3.05) is 13.7 Å². The summed E-state index contributed by atoms with van der Waals surface area (Å²) in [5, 5.41) is 9.68. The largest absolute Gasteiger partial charge is 0.508 e. The summed E-state index contributed by atoms with van der Waals surface area (Å²) >= 11 is 0. The molecule has 138 valence electrons. The Balaban J connectivity index is 1.85. The van der Waals surface area contributed by atoms with Gasteiger partial charge in [0.15, 0.2) is 0 Å². The van der Waals surface area contributed by atoms with Gasteiger partial charge in [-0.05, 0) is 60.4 Å². The second kappa shape index (κ2) is 6.99. The van der Waals surface area contributed by atoms with Gasteiger partial charge in [-0.2, -0.15) is 0 Å². The van der Waals surface area contributed by atoms with E-state index in [4.69, 9.17) is 9.47 Å². The standard InChI is InChI=1S/C24H24O3/c1-15-4-13-21-23(18-7-11-20(26-3)12-8-18)22(14-27-24(21)16(15)2)17-5-9-19(25)10-6-17/h4-13,22-23,25H,14H2,1-3H3. The fourth-order valence-corrected chi connectivity index (χ4v) is 3.97. The molecule has 0 saturated heterocycles. The van der Waals surface area contributed by atoms with Crippen LogP contribution in [-0.2, 0) is 0 Å². The number of aromatic hydroxyl groups is 1. The highest BCUT2D eigenvalue weighted by molar-refractivity contribution is 5.53. The number of fused-ring (bicyclic) bond motifs is 1. The van der Waals surface area contributed by atoms with Crippen LogP contribution in [0.3, 0.4) is 0 Å². The summed E-state index contributed by atoms with van der Waals surface area (Å²) in [5.74, 6) is 2.50. The molecule has 3 heteroatoms. The topological polar surface area (TPSA) is 38.7 Å². The fraction of sp³-hybridized carbons (Fsp3) is 0.250. The van der Waals surface area contributed by atoms with Crippen molar-refractivity contribution in [2.24, 2.45) is 0 Å². The highest BCUT2D eigenvalue weighted by Gasteiger charge is 2.34. The van der Waals surface area contributed by atoms with Crippen molar-refractivity contribution >= 4 is 0 Å². The molecule has 3 nitrogen and oxygen atoms in total. The van der Waals surface area contributed by atoms with E-state index in [1.165, 1.54) is 22.3 Å². The lowest BCUT2D eigenvalue weighted by atomic mass is 9.75. The third-order valence-corrected chi connectivity index (χ3v) is 5.65. The molecule has 0 fully saturated rings. The first-order valence-electron chi connectivity index (χ1n) is 9.24. The number of phenolic OH excluding ortho intramolecular Hbond substituents is 1. The Hall–Kier alpha value is -2.94. The molecular weight excluding hydrogens is 336 g/mol. The Morgan fingerprint density at radius 1 is 0.889 bits per heavy atom. The highest BCUT2D eigenvalue weighted by Crippen LogP contribution is 2.47. The van der Waals surface area contributed by atoms with E-state index >= 15 is 0 Å². The Kier molecular flexibility index (Phi) is 4.53. The third-order valence-electron chi connectivity index (χ3n) is 5.65. The average Bonchev–Trinajstić information content (AvgIpc) is 2.71. The molecule has 0 saturated carbocycles. The molecule has 0 spiro atoms. The zero-order chi connectivity index (χ0) is 19.0. The first-order valence-corrected chi connectivity index (χ1v) is 9.24. The van der Waals surface area contributed by atoms with Crippen molar-refractivity contribution in [1.82, 2.24) is 0 Å². The molecule has 1 heterocycles. The average molecular weight is 360 g/mol. The quantitative estimate of drug-likeness (QED) is 0.686. The van der Waals surface area contributed by atoms with E-state index in [1.54, 1.807) is 19.2 Å². The van der Waals surface area contributed by atoms with Gasteiger partial charge in [-0.1, -0.05) is 36.4 Å². The number of ether oxygens (including phenoxy) is 2. The second-order valence-electron chi connectivity index (χ2n) is 7.19. The Morgan fingerprint density at radius 2 is 1.56 bits per heavy atom. The molecule has 2 unspecified atom stereocenters. The van der Waals surface area contributed by atoms with Gasteiger partial charge in [0.1, 0.15) is 17.2 Å². The van der Waals surface area contributed by atoms with Gasteiger partial charge in [-0.15, -0.1) is 0 Å². The zero-order valence-electron chi connectivity index (χ0n) is 15.9. The summed E-state index contributed by atoms with van der Waals surface area (Å²) in [6.07, 6.45) is 0. The molecule has 3 aromatic rings. The summed E-state index contributed by atoms with van der Waals surface area (Å²) in [7, 11) is 1.68. The van der Waals surface area contributed by atoms with Crippen LogP contribution < -0.4 is 9.47 Å². The normalized spacial score (nSPS) is 18.5. The van der Waals surface area contributed by atoms with E-state index in [9.17, 15) is 5.11 Å². The lowest BCUT2D eigenvalue weighted by molar-refractivity contribution is 0.247. The molecule has 0 amide bonds. The summed E-state index contributed by atoms with van der Waals surface area (Å²) in [4.78, 5) is 0. The first kappa shape index (κ1) is 17.5. The van der Waals surface area contributed by atoms with Crippen molar-refractivity contribution in [3.05, 3.63) is 88.5 Å². The number of methoxy groups -OCH3 is 1. The lowest BCUT2D eigenvalue weighted by Gasteiger charge is -2.35. The van der Waals surface area contributed by atoms with Gasteiger partial charge in [0.25, 0.3) is 0 Å². The van der Waals surface area contributed by atoms with Gasteiger partial charge in [0.2, 0.25) is 0 Å². The van der Waals surface area contributed by atoms with Crippen LogP contribution in [0.5, 0.6) is 17.2 Å². The van der Waals surface area contributed by atoms with Gasteiger partial charge in [0, 0.05) is 17.4 Å². The van der Waals surface area contributed by atoms with Crippen LogP contribution in [0, 0.1) is 13.8 Å². The van der Waals surface area contributed by atoms with E-state index in [2.05, 4.69) is 38.1 Å². The van der Waals surface area contributed by atoms with Crippen LogP contribution in [0.2, 0.25) is 0 Å². The van der Waals surface area contributed by atoms with Crippen molar-refractivity contribution in [3.8, 4) is 17.2 Å². The van der Waals surface area contributed by atoms with Gasteiger partial charge < -0.3 is 14.6 Å². The van der Waals surface area contributed by atoms with Crippen LogP contribution in [0.25, 0.3) is 0 Å². The summed E-state index contributed by atoms with van der Waals surface area (Å²) in [6.45, 7) is 4.85. The molecule has 0 aromatic heterocycles. The smallest absolute Gasteiger partial charge is 0.126 e. The maximum absolute atomic E-state index is 9.68. The zero-order valence-corrected chi connectivity index (χ0v) is 15.9. The minimum atomic E-state index is 0.175. The third kappa shape index (κ3) is 3.14. The Bertz CT molecular complexity index is 943. The van der Waals surface area contributed by atoms with Gasteiger partial charge >= 0.3 is 0 Å². The molecule has 0 bridgehead atoms. The number of hydrogen-bond donors (Lipinski definition) is 1. The van der Waals surface area contributed by atoms with E-state index in [0.717, 1.165) is 17.1 Å². The maximum Gasteiger partial charge on any atom is 0.126 e. The summed E-state index contributed by atoms with van der Waals surface area (Å²) < 4.78 is 11.6. The molecule has 27 heavy (non-hydrogen) atoms. The minimum absolute atomic E-state index is 0.175. The van der Waals surface area contributed by atoms with E-state index < -0.39 is 0 Å². The van der Waals surface area contributed by atoms with E-state index in [0.29, 0.717) is 6.61 Å². The van der Waals surface area contributed by atoms with Crippen LogP contribution >= 0.6 is 0 Å². The predicted molar refractivity (Wildman–Crippen MR) is 107 cm³/mol. The first-order chi connectivity index (χ1) is 13.1. The summed E-state index contributed by atoms with van der Waals surface area (Å²) in [6, 6.07) is 20.2. The van der Waals surface area contributed by atoms with Crippen LogP contribution in [0.15, 0.2) is 60.7 Å². The van der Waals surface area contributed by atoms with Gasteiger partial charge in [-0.3, -0.25) is 0 Å². The SMILES string of the molecule is COc1ccc(C2c3ccc(C)c(C)c3OCC2c2ccc(O)cc2)cc1. The Labute approximate surface area is 160 Å². The number of phenols is 1. The van der Waals surface area contributed by atoms with Crippen molar-refractivity contribution in [1.29, 1.82) is 0 Å². The highest BCUT2D eigenvalue weighted by atomic mass is 16.5. The monoisotopic (exact) mass is 360 g/mol. The number of benzene rings is 3. The molecular formula is C24H24O3. The van der Waals surface area contributed by atoms with Crippen molar-refractivity contribution in [2.45, 2.75) is 25.7 Å². The van der Waals surface area contributed by atoms with Crippen LogP contribution in [-0.4, -0.2) is 18.8 Å². The van der Waals surface area contributed by atoms with Crippen LogP contribution in [0.1, 0.15) is 39.7 Å². The molecule has 2 atom stereocenters. The van der Waals surface area contributed by atoms with Crippen molar-refractivity contribution in [3.63, 3.8) is 0 Å². The fourth-order valence-electron chi connectivity index (χ4n) is 3.97. The van der Waals surface area contributed by atoms with Crippen molar-refractivity contribution < 1.29 is 14.6 Å². The molecule has 1 N–H and O–H groups in total. The minimum Gasteiger partial charge on any atom is -0.508 e. The number of rotatable bonds is 3. The van der Waals surface area contributed by atoms with Crippen LogP contribution in [0.4, 0.5) is 0 Å². The molecule has 0 aliphatic carbocycles. The van der Waals surface area contributed by atoms with Gasteiger partial charge in [-0.25, -0.2) is 0 Å². The molecule has 4 rings (SSSR count). The molecule has 1 aliphatic heterocycles. The van der Waals surface area contributed by atoms with Gasteiger partial charge in [0.05, 0.1) is 13.7 Å². The second-order valence-corrected chi connectivity index (χ2v) is 7.19. The summed E-state index contributed by atoms with van der Waals surface area (Å²) in [5.41, 5.74) is 6.06. The number of hydrogen-bond acceptors (Lipinski definition) is 3. The van der Waals surface area contributed by atoms with E-state index in [1.807, 2.05) is 24.3 Å². The lowest BCUT2D eigenvalue weighted by Crippen LogP contribution is -2.26. The van der Waals surface area contributed by atoms with E-state index in [-0.39, 0.29) is 17.6 Å². The maximum atomic E-state index is 9.68. The molecule has 1 aliphatic rings. The number of aryl methyl sites for hydroxylation is 1. The Morgan fingerprint density at radius 3 is 2.22 bits per heavy atom. The molecule has 0 radical (unpaired) electrons.